The van der Waals surface area contributed by atoms with Crippen molar-refractivity contribution in [2.45, 2.75) is 6.92 Å². The minimum absolute atomic E-state index is 0.339. The number of hydrogen-bond acceptors (Lipinski definition) is 4. The fourth-order valence-corrected chi connectivity index (χ4v) is 3.04. The Morgan fingerprint density at radius 1 is 1.00 bits per heavy atom. The van der Waals surface area contributed by atoms with Crippen molar-refractivity contribution in [3.8, 4) is 5.75 Å². The Morgan fingerprint density at radius 3 is 2.29 bits per heavy atom. The summed E-state index contributed by atoms with van der Waals surface area (Å²) in [4.78, 5) is 31.1. The van der Waals surface area contributed by atoms with Crippen LogP contribution >= 0.6 is 0 Å². The van der Waals surface area contributed by atoms with Crippen molar-refractivity contribution in [1.82, 2.24) is 4.98 Å². The highest BCUT2D eigenvalue weighted by Crippen LogP contribution is 2.36. The van der Waals surface area contributed by atoms with Crippen molar-refractivity contribution in [1.29, 1.82) is 0 Å². The quantitative estimate of drug-likeness (QED) is 0.680. The van der Waals surface area contributed by atoms with Crippen LogP contribution in [0.15, 0.2) is 48.7 Å². The number of fused-ring (bicyclic) bond motifs is 2. The van der Waals surface area contributed by atoms with Crippen LogP contribution in [0.25, 0.3) is 10.9 Å². The third kappa shape index (κ3) is 1.91. The summed E-state index contributed by atoms with van der Waals surface area (Å²) in [6.07, 6.45) is 1.67. The standard InChI is InChI=1S/C19H14N2O3/c1-11-7-8-20-17-15(11)9-12(24-2)10-16(17)21-18(22)13-5-3-4-6-14(13)19(21)23/h3-10H,1-2H3. The van der Waals surface area contributed by atoms with E-state index in [1.165, 1.54) is 4.90 Å². The third-order valence-corrected chi connectivity index (χ3v) is 4.29. The number of ether oxygens (including phenoxy) is 1. The second-order valence-electron chi connectivity index (χ2n) is 5.66. The van der Waals surface area contributed by atoms with Crippen LogP contribution in [0.3, 0.4) is 0 Å². The number of aryl methyl sites for hydroxylation is 1. The van der Waals surface area contributed by atoms with E-state index in [1.54, 1.807) is 43.6 Å². The minimum atomic E-state index is -0.339. The number of hydrogen-bond donors (Lipinski definition) is 0. The zero-order chi connectivity index (χ0) is 16.8. The van der Waals surface area contributed by atoms with Crippen LogP contribution < -0.4 is 9.64 Å². The van der Waals surface area contributed by atoms with E-state index >= 15 is 0 Å². The molecule has 24 heavy (non-hydrogen) atoms. The van der Waals surface area contributed by atoms with Crippen LogP contribution in [0, 0.1) is 6.92 Å². The highest BCUT2D eigenvalue weighted by atomic mass is 16.5. The average Bonchev–Trinajstić information content (AvgIpc) is 2.86. The molecule has 118 valence electrons. The molecule has 0 atom stereocenters. The fraction of sp³-hybridized carbons (Fsp3) is 0.105. The Kier molecular flexibility index (Phi) is 3.09. The van der Waals surface area contributed by atoms with Gasteiger partial charge in [-0.25, -0.2) is 4.90 Å². The summed E-state index contributed by atoms with van der Waals surface area (Å²) >= 11 is 0. The normalized spacial score (nSPS) is 13.5. The highest BCUT2D eigenvalue weighted by Gasteiger charge is 2.37. The number of benzene rings is 2. The average molecular weight is 318 g/mol. The van der Waals surface area contributed by atoms with Crippen molar-refractivity contribution in [3.05, 3.63) is 65.4 Å². The fourth-order valence-electron chi connectivity index (χ4n) is 3.04. The van der Waals surface area contributed by atoms with Crippen molar-refractivity contribution in [2.75, 3.05) is 12.0 Å². The molecule has 0 N–H and O–H groups in total. The number of rotatable bonds is 2. The third-order valence-electron chi connectivity index (χ3n) is 4.29. The van der Waals surface area contributed by atoms with Crippen molar-refractivity contribution >= 4 is 28.4 Å². The van der Waals surface area contributed by atoms with Crippen LogP contribution in [0.1, 0.15) is 26.3 Å². The SMILES string of the molecule is COc1cc(N2C(=O)c3ccccc3C2=O)c2nccc(C)c2c1. The molecule has 5 nitrogen and oxygen atoms in total. The summed E-state index contributed by atoms with van der Waals surface area (Å²) in [5, 5.41) is 0.850. The topological polar surface area (TPSA) is 59.5 Å². The lowest BCUT2D eigenvalue weighted by atomic mass is 10.1. The zero-order valence-corrected chi connectivity index (χ0v) is 13.2. The Bertz CT molecular complexity index is 976. The van der Waals surface area contributed by atoms with Gasteiger partial charge in [0.1, 0.15) is 5.75 Å². The molecule has 2 aromatic carbocycles. The first-order valence-corrected chi connectivity index (χ1v) is 7.53. The van der Waals surface area contributed by atoms with E-state index in [4.69, 9.17) is 4.74 Å². The first kappa shape index (κ1) is 14.4. The summed E-state index contributed by atoms with van der Waals surface area (Å²) in [5.74, 6) is -0.105. The molecule has 4 rings (SSSR count). The van der Waals surface area contributed by atoms with Gasteiger partial charge in [0, 0.05) is 17.6 Å². The highest BCUT2D eigenvalue weighted by molar-refractivity contribution is 6.35. The molecule has 2 amide bonds. The maximum atomic E-state index is 12.8. The number of pyridine rings is 1. The van der Waals surface area contributed by atoms with Crippen LogP contribution in [-0.2, 0) is 0 Å². The van der Waals surface area contributed by atoms with Gasteiger partial charge < -0.3 is 4.74 Å². The molecule has 0 fully saturated rings. The number of aromatic nitrogens is 1. The number of carbonyl (C=O) groups is 2. The predicted molar refractivity (Wildman–Crippen MR) is 90.6 cm³/mol. The number of imide groups is 1. The molecule has 0 unspecified atom stereocenters. The van der Waals surface area contributed by atoms with E-state index in [0.717, 1.165) is 10.9 Å². The largest absolute Gasteiger partial charge is 0.497 e. The lowest BCUT2D eigenvalue weighted by molar-refractivity contribution is 0.0926. The van der Waals surface area contributed by atoms with Gasteiger partial charge in [0.2, 0.25) is 0 Å². The molecular formula is C19H14N2O3. The van der Waals surface area contributed by atoms with Crippen LogP contribution in [0.2, 0.25) is 0 Å². The van der Waals surface area contributed by atoms with E-state index in [1.807, 2.05) is 19.1 Å². The lowest BCUT2D eigenvalue weighted by Gasteiger charge is -2.17. The van der Waals surface area contributed by atoms with Gasteiger partial charge in [-0.2, -0.15) is 0 Å². The molecule has 1 aromatic heterocycles. The molecular weight excluding hydrogens is 304 g/mol. The van der Waals surface area contributed by atoms with E-state index in [0.29, 0.717) is 28.1 Å². The number of methoxy groups -OCH3 is 1. The Labute approximate surface area is 138 Å². The molecule has 5 heteroatoms. The summed E-state index contributed by atoms with van der Waals surface area (Å²) < 4.78 is 5.35. The molecule has 1 aliphatic rings. The molecule has 2 heterocycles. The van der Waals surface area contributed by atoms with Gasteiger partial charge >= 0.3 is 0 Å². The van der Waals surface area contributed by atoms with E-state index in [9.17, 15) is 9.59 Å². The van der Waals surface area contributed by atoms with Gasteiger partial charge in [-0.05, 0) is 36.8 Å². The number of anilines is 1. The summed E-state index contributed by atoms with van der Waals surface area (Å²) in [6.45, 7) is 1.95. The Morgan fingerprint density at radius 2 is 1.67 bits per heavy atom. The first-order chi connectivity index (χ1) is 11.6. The molecule has 3 aromatic rings. The molecule has 0 bridgehead atoms. The van der Waals surface area contributed by atoms with E-state index < -0.39 is 0 Å². The predicted octanol–water partition coefficient (Wildman–Crippen LogP) is 3.35. The van der Waals surface area contributed by atoms with Gasteiger partial charge in [-0.15, -0.1) is 0 Å². The monoisotopic (exact) mass is 318 g/mol. The molecule has 0 saturated carbocycles. The van der Waals surface area contributed by atoms with E-state index in [-0.39, 0.29) is 11.8 Å². The summed E-state index contributed by atoms with van der Waals surface area (Å²) in [6, 6.07) is 12.2. The number of carbonyl (C=O) groups excluding carboxylic acids is 2. The van der Waals surface area contributed by atoms with Gasteiger partial charge in [0.25, 0.3) is 11.8 Å². The molecule has 0 spiro atoms. The van der Waals surface area contributed by atoms with Gasteiger partial charge in [0.15, 0.2) is 0 Å². The second kappa shape index (κ2) is 5.16. The van der Waals surface area contributed by atoms with E-state index in [2.05, 4.69) is 4.98 Å². The van der Waals surface area contributed by atoms with Gasteiger partial charge in [0.05, 0.1) is 29.4 Å². The second-order valence-corrected chi connectivity index (χ2v) is 5.66. The van der Waals surface area contributed by atoms with Crippen LogP contribution in [0.4, 0.5) is 5.69 Å². The smallest absolute Gasteiger partial charge is 0.266 e. The van der Waals surface area contributed by atoms with Crippen LogP contribution in [0.5, 0.6) is 5.75 Å². The van der Waals surface area contributed by atoms with Gasteiger partial charge in [-0.1, -0.05) is 12.1 Å². The molecule has 0 radical (unpaired) electrons. The Balaban J connectivity index is 2.00. The summed E-state index contributed by atoms with van der Waals surface area (Å²) in [7, 11) is 1.55. The number of nitrogens with zero attached hydrogens (tertiary/aromatic N) is 2. The zero-order valence-electron chi connectivity index (χ0n) is 13.2. The van der Waals surface area contributed by atoms with Crippen molar-refractivity contribution in [3.63, 3.8) is 0 Å². The van der Waals surface area contributed by atoms with Gasteiger partial charge in [-0.3, -0.25) is 14.6 Å². The Hall–Kier alpha value is -3.21. The number of amides is 2. The maximum Gasteiger partial charge on any atom is 0.266 e. The minimum Gasteiger partial charge on any atom is -0.497 e. The summed E-state index contributed by atoms with van der Waals surface area (Å²) in [5.41, 5.74) is 2.86. The molecule has 1 aliphatic heterocycles. The first-order valence-electron chi connectivity index (χ1n) is 7.53. The molecule has 0 saturated heterocycles. The molecule has 0 aliphatic carbocycles. The maximum absolute atomic E-state index is 12.8. The van der Waals surface area contributed by atoms with Crippen molar-refractivity contribution < 1.29 is 14.3 Å². The van der Waals surface area contributed by atoms with Crippen molar-refractivity contribution in [2.24, 2.45) is 0 Å². The lowest BCUT2D eigenvalue weighted by Crippen LogP contribution is -2.29. The van der Waals surface area contributed by atoms with Crippen LogP contribution in [-0.4, -0.2) is 23.9 Å².